The summed E-state index contributed by atoms with van der Waals surface area (Å²) in [4.78, 5) is 17.2. The molecule has 0 aliphatic heterocycles. The van der Waals surface area contributed by atoms with E-state index < -0.39 is 5.63 Å². The van der Waals surface area contributed by atoms with Gasteiger partial charge in [0.1, 0.15) is 23.0 Å². The lowest BCUT2D eigenvalue weighted by Gasteiger charge is -2.12. The number of nitrogen functional groups attached to an aromatic ring is 1. The van der Waals surface area contributed by atoms with E-state index >= 15 is 0 Å². The maximum atomic E-state index is 12.8. The Balaban J connectivity index is 1.81. The van der Waals surface area contributed by atoms with Crippen LogP contribution in [0.4, 0.5) is 5.82 Å². The van der Waals surface area contributed by atoms with E-state index in [-0.39, 0.29) is 22.6 Å². The number of nitrogens with two attached hydrogens (primary N) is 1. The van der Waals surface area contributed by atoms with Crippen molar-refractivity contribution in [2.75, 3.05) is 5.73 Å². The molecule has 154 valence electrons. The molecule has 0 fully saturated rings. The molecule has 0 unspecified atom stereocenters. The molecule has 0 aliphatic rings. The normalized spacial score (nSPS) is 11.0. The van der Waals surface area contributed by atoms with E-state index in [4.69, 9.17) is 33.4 Å². The Labute approximate surface area is 192 Å². The Morgan fingerprint density at radius 1 is 0.906 bits per heavy atom. The van der Waals surface area contributed by atoms with E-state index in [0.29, 0.717) is 26.8 Å². The Hall–Kier alpha value is -3.85. The predicted molar refractivity (Wildman–Crippen MR) is 128 cm³/mol. The third kappa shape index (κ3) is 3.27. The molecular formula is C25H13Cl2N3O2. The first-order chi connectivity index (χ1) is 15.5. The van der Waals surface area contributed by atoms with E-state index in [9.17, 15) is 10.1 Å². The average molecular weight is 458 g/mol. The van der Waals surface area contributed by atoms with Gasteiger partial charge in [0.05, 0.1) is 11.3 Å². The highest BCUT2D eigenvalue weighted by atomic mass is 35.5. The highest BCUT2D eigenvalue weighted by Gasteiger charge is 2.18. The predicted octanol–water partition coefficient (Wildman–Crippen LogP) is 6.44. The summed E-state index contributed by atoms with van der Waals surface area (Å²) in [6, 6.07) is 21.8. The minimum atomic E-state index is -0.558. The summed E-state index contributed by atoms with van der Waals surface area (Å²) in [5.41, 5.74) is 7.70. The Morgan fingerprint density at radius 3 is 2.50 bits per heavy atom. The van der Waals surface area contributed by atoms with Gasteiger partial charge in [-0.1, -0.05) is 59.6 Å². The SMILES string of the molecule is N#Cc1c(-c2ccc(Cl)cc2Cl)cc(-c2cc3c(ccc4ccccc43)oc2=O)nc1N. The number of pyridine rings is 1. The second-order valence-corrected chi connectivity index (χ2v) is 8.04. The molecule has 5 nitrogen and oxygen atoms in total. The smallest absolute Gasteiger partial charge is 0.345 e. The zero-order chi connectivity index (χ0) is 22.4. The minimum Gasteiger partial charge on any atom is -0.422 e. The summed E-state index contributed by atoms with van der Waals surface area (Å²) in [7, 11) is 0. The second-order valence-electron chi connectivity index (χ2n) is 7.20. The number of fused-ring (bicyclic) bond motifs is 3. The van der Waals surface area contributed by atoms with Crippen LogP contribution in [0.1, 0.15) is 5.56 Å². The first kappa shape index (κ1) is 20.1. The van der Waals surface area contributed by atoms with Crippen LogP contribution in [-0.4, -0.2) is 4.98 Å². The van der Waals surface area contributed by atoms with Gasteiger partial charge in [0.2, 0.25) is 0 Å². The van der Waals surface area contributed by atoms with E-state index in [0.717, 1.165) is 16.2 Å². The monoisotopic (exact) mass is 457 g/mol. The van der Waals surface area contributed by atoms with Gasteiger partial charge in [-0.25, -0.2) is 9.78 Å². The Morgan fingerprint density at radius 2 is 1.72 bits per heavy atom. The lowest BCUT2D eigenvalue weighted by Crippen LogP contribution is -2.07. The lowest BCUT2D eigenvalue weighted by atomic mass is 9.98. The maximum absolute atomic E-state index is 12.8. The van der Waals surface area contributed by atoms with Crippen LogP contribution >= 0.6 is 23.2 Å². The minimum absolute atomic E-state index is 0.0107. The van der Waals surface area contributed by atoms with Crippen molar-refractivity contribution in [1.82, 2.24) is 4.98 Å². The Kier molecular flexibility index (Phi) is 4.82. The van der Waals surface area contributed by atoms with Gasteiger partial charge in [-0.05, 0) is 41.1 Å². The number of anilines is 1. The van der Waals surface area contributed by atoms with Crippen LogP contribution in [0.25, 0.3) is 44.1 Å². The van der Waals surface area contributed by atoms with Crippen LogP contribution in [0.15, 0.2) is 75.9 Å². The summed E-state index contributed by atoms with van der Waals surface area (Å²) < 4.78 is 5.59. The number of nitrogens with zero attached hydrogens (tertiary/aromatic N) is 2. The van der Waals surface area contributed by atoms with Crippen LogP contribution < -0.4 is 11.4 Å². The number of hydrogen-bond donors (Lipinski definition) is 1. The number of halogens is 2. The maximum Gasteiger partial charge on any atom is 0.345 e. The molecule has 0 amide bonds. The van der Waals surface area contributed by atoms with E-state index in [1.165, 1.54) is 0 Å². The molecule has 0 bridgehead atoms. The summed E-state index contributed by atoms with van der Waals surface area (Å²) in [6.45, 7) is 0. The van der Waals surface area contributed by atoms with Crippen molar-refractivity contribution < 1.29 is 4.42 Å². The average Bonchev–Trinajstić information content (AvgIpc) is 2.78. The molecule has 0 spiro atoms. The summed E-state index contributed by atoms with van der Waals surface area (Å²) in [5.74, 6) is -0.0107. The summed E-state index contributed by atoms with van der Waals surface area (Å²) in [6.07, 6.45) is 0. The van der Waals surface area contributed by atoms with Gasteiger partial charge in [-0.15, -0.1) is 0 Å². The number of aromatic nitrogens is 1. The second kappa shape index (κ2) is 7.69. The van der Waals surface area contributed by atoms with Crippen molar-refractivity contribution in [2.45, 2.75) is 0 Å². The molecule has 2 N–H and O–H groups in total. The lowest BCUT2D eigenvalue weighted by molar-refractivity contribution is 0.563. The molecule has 2 aromatic heterocycles. The van der Waals surface area contributed by atoms with E-state index in [2.05, 4.69) is 11.1 Å². The van der Waals surface area contributed by atoms with Gasteiger partial charge in [0, 0.05) is 26.6 Å². The molecular weight excluding hydrogens is 445 g/mol. The fourth-order valence-corrected chi connectivity index (χ4v) is 4.30. The number of benzene rings is 3. The molecule has 0 radical (unpaired) electrons. The van der Waals surface area contributed by atoms with Crippen molar-refractivity contribution in [1.29, 1.82) is 5.26 Å². The standard InChI is InChI=1S/C25H13Cl2N3O2/c26-14-6-7-16(21(27)9-14)17-11-22(30-24(29)20(17)12-28)19-10-18-15-4-2-1-3-13(15)5-8-23(18)32-25(19)31/h1-11H,(H2,29,30). The molecule has 7 heteroatoms. The largest absolute Gasteiger partial charge is 0.422 e. The summed E-state index contributed by atoms with van der Waals surface area (Å²) >= 11 is 12.4. The Bertz CT molecular complexity index is 1650. The molecule has 32 heavy (non-hydrogen) atoms. The van der Waals surface area contributed by atoms with Crippen LogP contribution in [0.5, 0.6) is 0 Å². The third-order valence-corrected chi connectivity index (χ3v) is 5.85. The first-order valence-electron chi connectivity index (χ1n) is 9.58. The van der Waals surface area contributed by atoms with Crippen molar-refractivity contribution in [3.05, 3.63) is 92.8 Å². The van der Waals surface area contributed by atoms with Crippen molar-refractivity contribution in [3.8, 4) is 28.5 Å². The van der Waals surface area contributed by atoms with Gasteiger partial charge in [0.15, 0.2) is 0 Å². The molecule has 5 aromatic rings. The van der Waals surface area contributed by atoms with Crippen molar-refractivity contribution in [2.24, 2.45) is 0 Å². The zero-order valence-corrected chi connectivity index (χ0v) is 17.9. The molecule has 0 saturated heterocycles. The number of hydrogen-bond acceptors (Lipinski definition) is 5. The number of rotatable bonds is 2. The van der Waals surface area contributed by atoms with Gasteiger partial charge in [-0.3, -0.25) is 0 Å². The molecule has 5 rings (SSSR count). The summed E-state index contributed by atoms with van der Waals surface area (Å²) in [5, 5.41) is 13.2. The number of nitriles is 1. The topological polar surface area (TPSA) is 92.9 Å². The van der Waals surface area contributed by atoms with Gasteiger partial charge in [-0.2, -0.15) is 5.26 Å². The van der Waals surface area contributed by atoms with Gasteiger partial charge in [0.25, 0.3) is 0 Å². The van der Waals surface area contributed by atoms with Crippen molar-refractivity contribution >= 4 is 50.8 Å². The van der Waals surface area contributed by atoms with E-state index in [1.807, 2.05) is 30.3 Å². The molecule has 3 aromatic carbocycles. The van der Waals surface area contributed by atoms with Crippen LogP contribution in [0.2, 0.25) is 10.0 Å². The van der Waals surface area contributed by atoms with Crippen LogP contribution in [-0.2, 0) is 0 Å². The highest BCUT2D eigenvalue weighted by Crippen LogP contribution is 2.36. The fourth-order valence-electron chi connectivity index (χ4n) is 3.79. The molecule has 0 saturated carbocycles. The fraction of sp³-hybridized carbons (Fsp3) is 0. The highest BCUT2D eigenvalue weighted by molar-refractivity contribution is 6.36. The molecule has 0 aliphatic carbocycles. The quantitative estimate of drug-likeness (QED) is 0.243. The van der Waals surface area contributed by atoms with Gasteiger partial charge < -0.3 is 10.2 Å². The van der Waals surface area contributed by atoms with Crippen LogP contribution in [0.3, 0.4) is 0 Å². The third-order valence-electron chi connectivity index (χ3n) is 5.30. The molecule has 0 atom stereocenters. The first-order valence-corrected chi connectivity index (χ1v) is 10.3. The molecule has 2 heterocycles. The van der Waals surface area contributed by atoms with Gasteiger partial charge >= 0.3 is 5.63 Å². The van der Waals surface area contributed by atoms with Crippen molar-refractivity contribution in [3.63, 3.8) is 0 Å². The van der Waals surface area contributed by atoms with E-state index in [1.54, 1.807) is 36.4 Å². The van der Waals surface area contributed by atoms with Crippen LogP contribution in [0, 0.1) is 11.3 Å². The zero-order valence-electron chi connectivity index (χ0n) is 16.4.